The van der Waals surface area contributed by atoms with Crippen LogP contribution in [0.25, 0.3) is 0 Å². The van der Waals surface area contributed by atoms with Crippen molar-refractivity contribution in [2.75, 3.05) is 31.6 Å². The molecule has 100 valence electrons. The molecule has 2 rings (SSSR count). The molecule has 0 saturated carbocycles. The minimum Gasteiger partial charge on any atom is -0.380 e. The third-order valence-corrected chi connectivity index (χ3v) is 3.88. The number of hydrogen-bond donors (Lipinski definition) is 1. The van der Waals surface area contributed by atoms with E-state index in [4.69, 9.17) is 4.74 Å². The van der Waals surface area contributed by atoms with Crippen molar-refractivity contribution >= 4 is 21.6 Å². The van der Waals surface area contributed by atoms with Crippen molar-refractivity contribution in [1.29, 1.82) is 0 Å². The van der Waals surface area contributed by atoms with Crippen LogP contribution in [0.15, 0.2) is 22.9 Å². The van der Waals surface area contributed by atoms with Crippen molar-refractivity contribution in [2.24, 2.45) is 0 Å². The second-order valence-corrected chi connectivity index (χ2v) is 5.63. The summed E-state index contributed by atoms with van der Waals surface area (Å²) in [6, 6.07) is 2.90. The third kappa shape index (κ3) is 3.67. The molecular formula is C13H20BrN3O. The first-order valence-corrected chi connectivity index (χ1v) is 7.15. The zero-order valence-electron chi connectivity index (χ0n) is 10.9. The molecule has 1 aromatic heterocycles. The number of halogens is 1. The van der Waals surface area contributed by atoms with Gasteiger partial charge in [-0.05, 0) is 35.8 Å². The fourth-order valence-corrected chi connectivity index (χ4v) is 2.54. The molecule has 18 heavy (non-hydrogen) atoms. The maximum atomic E-state index is 5.39. The monoisotopic (exact) mass is 313 g/mol. The number of aromatic nitrogens is 1. The maximum absolute atomic E-state index is 5.39. The zero-order chi connectivity index (χ0) is 13.0. The van der Waals surface area contributed by atoms with Crippen LogP contribution in [0.5, 0.6) is 0 Å². The van der Waals surface area contributed by atoms with E-state index in [1.807, 2.05) is 6.20 Å². The van der Waals surface area contributed by atoms with Crippen LogP contribution in [-0.2, 0) is 4.74 Å². The van der Waals surface area contributed by atoms with Crippen LogP contribution in [-0.4, -0.2) is 48.3 Å². The Bertz CT molecular complexity index is 382. The maximum Gasteiger partial charge on any atom is 0.0594 e. The van der Waals surface area contributed by atoms with Crippen molar-refractivity contribution in [1.82, 2.24) is 9.88 Å². The average molecular weight is 314 g/mol. The van der Waals surface area contributed by atoms with E-state index in [-0.39, 0.29) is 0 Å². The minimum atomic E-state index is 0.374. The molecule has 0 aromatic carbocycles. The van der Waals surface area contributed by atoms with E-state index in [0.29, 0.717) is 12.1 Å². The number of nitrogens with one attached hydrogen (secondary N) is 1. The van der Waals surface area contributed by atoms with Crippen molar-refractivity contribution in [2.45, 2.75) is 25.9 Å². The van der Waals surface area contributed by atoms with Crippen LogP contribution < -0.4 is 5.32 Å². The molecule has 1 saturated heterocycles. The summed E-state index contributed by atoms with van der Waals surface area (Å²) in [4.78, 5) is 6.63. The van der Waals surface area contributed by atoms with Gasteiger partial charge in [-0.25, -0.2) is 0 Å². The summed E-state index contributed by atoms with van der Waals surface area (Å²) in [5.41, 5.74) is 1.05. The van der Waals surface area contributed by atoms with Crippen LogP contribution in [0.1, 0.15) is 13.8 Å². The van der Waals surface area contributed by atoms with Gasteiger partial charge in [-0.1, -0.05) is 0 Å². The standard InChI is InChI=1S/C13H20BrN3O/c1-10(11(2)17-3-5-18-6-4-17)16-13-7-12(14)8-15-9-13/h7-11,16H,3-6H2,1-2H3/t10-,11+/m0/s1. The van der Waals surface area contributed by atoms with Gasteiger partial charge >= 0.3 is 0 Å². The normalized spacial score (nSPS) is 20.4. The number of ether oxygens (including phenoxy) is 1. The molecule has 2 heterocycles. The fourth-order valence-electron chi connectivity index (χ4n) is 2.18. The Balaban J connectivity index is 1.92. The molecule has 1 aromatic rings. The highest BCUT2D eigenvalue weighted by Gasteiger charge is 2.21. The SMILES string of the molecule is C[C@H](Nc1cncc(Br)c1)[C@@H](C)N1CCOCC1. The Morgan fingerprint density at radius 1 is 1.33 bits per heavy atom. The predicted molar refractivity (Wildman–Crippen MR) is 76.9 cm³/mol. The highest BCUT2D eigenvalue weighted by atomic mass is 79.9. The van der Waals surface area contributed by atoms with Gasteiger partial charge in [-0.2, -0.15) is 0 Å². The number of rotatable bonds is 4. The first kappa shape index (κ1) is 13.8. The summed E-state index contributed by atoms with van der Waals surface area (Å²) < 4.78 is 6.38. The lowest BCUT2D eigenvalue weighted by atomic mass is 10.1. The van der Waals surface area contributed by atoms with Gasteiger partial charge in [0, 0.05) is 35.8 Å². The topological polar surface area (TPSA) is 37.4 Å². The van der Waals surface area contributed by atoms with E-state index in [2.05, 4.69) is 51.0 Å². The minimum absolute atomic E-state index is 0.374. The smallest absolute Gasteiger partial charge is 0.0594 e. The summed E-state index contributed by atoms with van der Waals surface area (Å²) in [6.07, 6.45) is 3.65. The summed E-state index contributed by atoms with van der Waals surface area (Å²) >= 11 is 3.44. The molecule has 0 spiro atoms. The predicted octanol–water partition coefficient (Wildman–Crippen LogP) is 2.37. The molecule has 4 nitrogen and oxygen atoms in total. The van der Waals surface area contributed by atoms with Crippen LogP contribution in [0, 0.1) is 0 Å². The van der Waals surface area contributed by atoms with E-state index in [1.165, 1.54) is 0 Å². The van der Waals surface area contributed by atoms with Crippen LogP contribution >= 0.6 is 15.9 Å². The van der Waals surface area contributed by atoms with Gasteiger partial charge in [0.1, 0.15) is 0 Å². The van der Waals surface area contributed by atoms with Crippen LogP contribution in [0.3, 0.4) is 0 Å². The Kier molecular flexibility index (Phi) is 4.97. The van der Waals surface area contributed by atoms with Crippen molar-refractivity contribution in [3.63, 3.8) is 0 Å². The molecule has 0 bridgehead atoms. The number of morpholine rings is 1. The summed E-state index contributed by atoms with van der Waals surface area (Å²) in [6.45, 7) is 8.19. The number of pyridine rings is 1. The highest BCUT2D eigenvalue weighted by Crippen LogP contribution is 2.17. The molecular weight excluding hydrogens is 294 g/mol. The molecule has 1 N–H and O–H groups in total. The van der Waals surface area contributed by atoms with Gasteiger partial charge in [-0.15, -0.1) is 0 Å². The van der Waals surface area contributed by atoms with E-state index in [1.54, 1.807) is 6.20 Å². The van der Waals surface area contributed by atoms with Gasteiger partial charge in [0.15, 0.2) is 0 Å². The fraction of sp³-hybridized carbons (Fsp3) is 0.615. The van der Waals surface area contributed by atoms with Gasteiger partial charge in [0.25, 0.3) is 0 Å². The molecule has 1 aliphatic heterocycles. The number of nitrogens with zero attached hydrogens (tertiary/aromatic N) is 2. The second kappa shape index (κ2) is 6.50. The lowest BCUT2D eigenvalue weighted by Gasteiger charge is -2.36. The van der Waals surface area contributed by atoms with Gasteiger partial charge in [0.05, 0.1) is 25.1 Å². The Morgan fingerprint density at radius 3 is 2.72 bits per heavy atom. The molecule has 0 unspecified atom stereocenters. The Hall–Kier alpha value is -0.650. The zero-order valence-corrected chi connectivity index (χ0v) is 12.5. The van der Waals surface area contributed by atoms with Crippen molar-refractivity contribution in [3.8, 4) is 0 Å². The number of anilines is 1. The van der Waals surface area contributed by atoms with E-state index >= 15 is 0 Å². The lowest BCUT2D eigenvalue weighted by molar-refractivity contribution is 0.0176. The molecule has 0 aliphatic carbocycles. The summed E-state index contributed by atoms with van der Waals surface area (Å²) in [7, 11) is 0. The van der Waals surface area contributed by atoms with E-state index in [0.717, 1.165) is 36.5 Å². The van der Waals surface area contributed by atoms with Crippen LogP contribution in [0.2, 0.25) is 0 Å². The van der Waals surface area contributed by atoms with E-state index < -0.39 is 0 Å². The highest BCUT2D eigenvalue weighted by molar-refractivity contribution is 9.10. The number of hydrogen-bond acceptors (Lipinski definition) is 4. The molecule has 1 aliphatic rings. The largest absolute Gasteiger partial charge is 0.380 e. The molecule has 2 atom stereocenters. The molecule has 0 radical (unpaired) electrons. The average Bonchev–Trinajstić information content (AvgIpc) is 2.39. The molecule has 5 heteroatoms. The van der Waals surface area contributed by atoms with Crippen LogP contribution in [0.4, 0.5) is 5.69 Å². The third-order valence-electron chi connectivity index (χ3n) is 3.44. The summed E-state index contributed by atoms with van der Waals surface area (Å²) in [5, 5.41) is 3.50. The van der Waals surface area contributed by atoms with Crippen molar-refractivity contribution < 1.29 is 4.74 Å². The Labute approximate surface area is 117 Å². The first-order valence-electron chi connectivity index (χ1n) is 6.35. The van der Waals surface area contributed by atoms with Gasteiger partial charge < -0.3 is 10.1 Å². The van der Waals surface area contributed by atoms with E-state index in [9.17, 15) is 0 Å². The van der Waals surface area contributed by atoms with Crippen molar-refractivity contribution in [3.05, 3.63) is 22.9 Å². The summed E-state index contributed by atoms with van der Waals surface area (Å²) in [5.74, 6) is 0. The lowest BCUT2D eigenvalue weighted by Crippen LogP contribution is -2.48. The quantitative estimate of drug-likeness (QED) is 0.926. The second-order valence-electron chi connectivity index (χ2n) is 4.71. The van der Waals surface area contributed by atoms with Gasteiger partial charge in [-0.3, -0.25) is 9.88 Å². The van der Waals surface area contributed by atoms with Gasteiger partial charge in [0.2, 0.25) is 0 Å². The Morgan fingerprint density at radius 2 is 2.06 bits per heavy atom. The first-order chi connectivity index (χ1) is 8.66. The molecule has 0 amide bonds. The molecule has 1 fully saturated rings.